The number of hydroxylamine groups is 2. The van der Waals surface area contributed by atoms with Gasteiger partial charge in [-0.2, -0.15) is 0 Å². The fourth-order valence-corrected chi connectivity index (χ4v) is 4.49. The summed E-state index contributed by atoms with van der Waals surface area (Å²) in [5, 5.41) is 12.2. The van der Waals surface area contributed by atoms with Crippen molar-refractivity contribution in [1.82, 2.24) is 5.06 Å². The standard InChI is InChI=1S/C11H23NO4P/c1-6-15-17(14,16-7-2)11(5)9-8-10(3,4)12(11)13/h6-9H2,1-5H3/t11-/m1/s1. The summed E-state index contributed by atoms with van der Waals surface area (Å²) in [4.78, 5) is 0. The SMILES string of the molecule is CCOP(=O)(OCC)[C@]1(C)CCC(C)(C)N1[O]. The molecule has 17 heavy (non-hydrogen) atoms. The molecule has 1 radical (unpaired) electrons. The monoisotopic (exact) mass is 264 g/mol. The van der Waals surface area contributed by atoms with Crippen molar-refractivity contribution in [1.29, 1.82) is 0 Å². The summed E-state index contributed by atoms with van der Waals surface area (Å²) in [6, 6.07) is 0. The Hall–Kier alpha value is 0.0700. The van der Waals surface area contributed by atoms with E-state index in [0.29, 0.717) is 12.8 Å². The van der Waals surface area contributed by atoms with Crippen LogP contribution in [0, 0.1) is 0 Å². The predicted molar refractivity (Wildman–Crippen MR) is 65.1 cm³/mol. The molecular formula is C11H23NO4P. The minimum atomic E-state index is -3.40. The molecule has 0 spiro atoms. The van der Waals surface area contributed by atoms with Crippen LogP contribution < -0.4 is 0 Å². The van der Waals surface area contributed by atoms with E-state index < -0.39 is 18.4 Å². The van der Waals surface area contributed by atoms with Crippen LogP contribution in [-0.2, 0) is 18.8 Å². The van der Waals surface area contributed by atoms with Crippen molar-refractivity contribution in [3.05, 3.63) is 0 Å². The Morgan fingerprint density at radius 2 is 1.59 bits per heavy atom. The average Bonchev–Trinajstić information content (AvgIpc) is 2.45. The van der Waals surface area contributed by atoms with Crippen molar-refractivity contribution in [3.8, 4) is 0 Å². The van der Waals surface area contributed by atoms with Crippen molar-refractivity contribution in [2.45, 2.75) is 58.3 Å². The van der Waals surface area contributed by atoms with Crippen LogP contribution in [0.4, 0.5) is 0 Å². The van der Waals surface area contributed by atoms with E-state index in [9.17, 15) is 9.77 Å². The van der Waals surface area contributed by atoms with Gasteiger partial charge in [0.1, 0.15) is 5.28 Å². The summed E-state index contributed by atoms with van der Waals surface area (Å²) in [6.07, 6.45) is 1.22. The molecule has 6 heteroatoms. The third kappa shape index (κ3) is 2.45. The molecule has 0 aromatic carbocycles. The molecule has 0 bridgehead atoms. The van der Waals surface area contributed by atoms with Crippen LogP contribution in [0.2, 0.25) is 0 Å². The minimum Gasteiger partial charge on any atom is -0.308 e. The first-order valence-corrected chi connectivity index (χ1v) is 7.64. The van der Waals surface area contributed by atoms with Gasteiger partial charge in [0, 0.05) is 5.54 Å². The summed E-state index contributed by atoms with van der Waals surface area (Å²) in [7, 11) is -3.40. The molecule has 0 unspecified atom stereocenters. The van der Waals surface area contributed by atoms with Gasteiger partial charge in [-0.05, 0) is 47.5 Å². The molecule has 0 amide bonds. The van der Waals surface area contributed by atoms with Crippen molar-refractivity contribution in [3.63, 3.8) is 0 Å². The van der Waals surface area contributed by atoms with Crippen LogP contribution in [-0.4, -0.2) is 29.1 Å². The number of hydrogen-bond donors (Lipinski definition) is 0. The zero-order chi connectivity index (χ0) is 13.3. The van der Waals surface area contributed by atoms with E-state index in [1.165, 1.54) is 0 Å². The highest BCUT2D eigenvalue weighted by Crippen LogP contribution is 2.66. The number of hydrogen-bond acceptors (Lipinski definition) is 4. The van der Waals surface area contributed by atoms with Gasteiger partial charge >= 0.3 is 7.60 Å². The molecule has 0 aromatic heterocycles. The molecule has 1 fully saturated rings. The fraction of sp³-hybridized carbons (Fsp3) is 1.00. The van der Waals surface area contributed by atoms with Gasteiger partial charge in [-0.25, -0.2) is 0 Å². The molecule has 1 rings (SSSR count). The normalized spacial score (nSPS) is 29.8. The molecule has 5 nitrogen and oxygen atoms in total. The van der Waals surface area contributed by atoms with Crippen LogP contribution in [0.5, 0.6) is 0 Å². The molecule has 101 valence electrons. The Kier molecular flexibility index (Phi) is 4.43. The van der Waals surface area contributed by atoms with Crippen LogP contribution in [0.3, 0.4) is 0 Å². The lowest BCUT2D eigenvalue weighted by Crippen LogP contribution is -2.47. The van der Waals surface area contributed by atoms with E-state index >= 15 is 0 Å². The molecule has 0 N–H and O–H groups in total. The van der Waals surface area contributed by atoms with E-state index in [4.69, 9.17) is 9.05 Å². The molecule has 1 aliphatic heterocycles. The van der Waals surface area contributed by atoms with Crippen molar-refractivity contribution in [2.75, 3.05) is 13.2 Å². The highest BCUT2D eigenvalue weighted by atomic mass is 31.2. The molecule has 1 atom stereocenters. The fourth-order valence-electron chi connectivity index (χ4n) is 2.30. The maximum Gasteiger partial charge on any atom is 0.352 e. The molecule has 1 aliphatic rings. The quantitative estimate of drug-likeness (QED) is 0.715. The first-order chi connectivity index (χ1) is 7.73. The topological polar surface area (TPSA) is 58.7 Å². The van der Waals surface area contributed by atoms with Crippen LogP contribution in [0.1, 0.15) is 47.5 Å². The predicted octanol–water partition coefficient (Wildman–Crippen LogP) is 3.19. The second kappa shape index (κ2) is 4.98. The third-order valence-corrected chi connectivity index (χ3v) is 6.17. The Morgan fingerprint density at radius 1 is 1.12 bits per heavy atom. The molecule has 1 heterocycles. The van der Waals surface area contributed by atoms with E-state index in [-0.39, 0.29) is 13.2 Å². The first kappa shape index (κ1) is 15.1. The van der Waals surface area contributed by atoms with Gasteiger partial charge in [-0.3, -0.25) is 4.57 Å². The maximum absolute atomic E-state index is 12.7. The van der Waals surface area contributed by atoms with Gasteiger partial charge in [0.15, 0.2) is 0 Å². The molecule has 0 aliphatic carbocycles. The van der Waals surface area contributed by atoms with Crippen LogP contribution >= 0.6 is 7.60 Å². The summed E-state index contributed by atoms with van der Waals surface area (Å²) >= 11 is 0. The lowest BCUT2D eigenvalue weighted by molar-refractivity contribution is -0.232. The van der Waals surface area contributed by atoms with Gasteiger partial charge in [-0.15, -0.1) is 10.3 Å². The minimum absolute atomic E-state index is 0.279. The summed E-state index contributed by atoms with van der Waals surface area (Å²) in [6.45, 7) is 9.46. The van der Waals surface area contributed by atoms with Gasteiger partial charge in [0.2, 0.25) is 0 Å². The largest absolute Gasteiger partial charge is 0.352 e. The number of nitrogens with zero attached hydrogens (tertiary/aromatic N) is 1. The highest BCUT2D eigenvalue weighted by Gasteiger charge is 2.60. The highest BCUT2D eigenvalue weighted by molar-refractivity contribution is 7.55. The molecule has 0 saturated carbocycles. The molecule has 1 saturated heterocycles. The zero-order valence-corrected chi connectivity index (χ0v) is 12.3. The smallest absolute Gasteiger partial charge is 0.308 e. The average molecular weight is 264 g/mol. The van der Waals surface area contributed by atoms with Crippen molar-refractivity contribution < 1.29 is 18.8 Å². The van der Waals surface area contributed by atoms with Gasteiger partial charge in [0.05, 0.1) is 13.2 Å². The Labute approximate surface area is 104 Å². The Morgan fingerprint density at radius 3 is 1.88 bits per heavy atom. The second-order valence-electron chi connectivity index (χ2n) is 5.16. The van der Waals surface area contributed by atoms with E-state index in [1.54, 1.807) is 20.8 Å². The van der Waals surface area contributed by atoms with Gasteiger partial charge in [0.25, 0.3) is 0 Å². The van der Waals surface area contributed by atoms with Crippen molar-refractivity contribution in [2.24, 2.45) is 0 Å². The Bertz CT molecular complexity index is 311. The first-order valence-electron chi connectivity index (χ1n) is 6.10. The van der Waals surface area contributed by atoms with E-state index in [0.717, 1.165) is 5.06 Å². The number of rotatable bonds is 5. The molecular weight excluding hydrogens is 241 g/mol. The maximum atomic E-state index is 12.7. The van der Waals surface area contributed by atoms with E-state index in [2.05, 4.69) is 0 Å². The summed E-state index contributed by atoms with van der Waals surface area (Å²) in [5.41, 5.74) is -0.515. The summed E-state index contributed by atoms with van der Waals surface area (Å²) < 4.78 is 23.4. The van der Waals surface area contributed by atoms with E-state index in [1.807, 2.05) is 13.8 Å². The Balaban J connectivity index is 3.06. The summed E-state index contributed by atoms with van der Waals surface area (Å²) in [5.74, 6) is 0. The third-order valence-electron chi connectivity index (χ3n) is 3.39. The zero-order valence-electron chi connectivity index (χ0n) is 11.4. The van der Waals surface area contributed by atoms with Crippen LogP contribution in [0.15, 0.2) is 0 Å². The van der Waals surface area contributed by atoms with Crippen molar-refractivity contribution >= 4 is 7.60 Å². The van der Waals surface area contributed by atoms with Crippen LogP contribution in [0.25, 0.3) is 0 Å². The van der Waals surface area contributed by atoms with Gasteiger partial charge in [-0.1, -0.05) is 0 Å². The van der Waals surface area contributed by atoms with Gasteiger partial charge < -0.3 is 9.05 Å². The lowest BCUT2D eigenvalue weighted by Gasteiger charge is -2.38. The molecule has 0 aromatic rings. The second-order valence-corrected chi connectivity index (χ2v) is 7.63. The lowest BCUT2D eigenvalue weighted by atomic mass is 10.0.